The fourth-order valence-electron chi connectivity index (χ4n) is 2.93. The maximum absolute atomic E-state index is 12.4. The lowest BCUT2D eigenvalue weighted by Crippen LogP contribution is -2.31. The molecule has 26 heavy (non-hydrogen) atoms. The van der Waals surface area contributed by atoms with Gasteiger partial charge in [-0.05, 0) is 31.4 Å². The summed E-state index contributed by atoms with van der Waals surface area (Å²) < 4.78 is 10.4. The Morgan fingerprint density at radius 3 is 2.77 bits per heavy atom. The zero-order valence-corrected chi connectivity index (χ0v) is 15.3. The number of amides is 1. The van der Waals surface area contributed by atoms with Crippen molar-refractivity contribution in [1.82, 2.24) is 15.1 Å². The number of benzene rings is 1. The quantitative estimate of drug-likeness (QED) is 0.804. The minimum atomic E-state index is -0.471. The first-order valence-corrected chi connectivity index (χ1v) is 8.38. The van der Waals surface area contributed by atoms with Gasteiger partial charge in [0.15, 0.2) is 5.69 Å². The van der Waals surface area contributed by atoms with Crippen molar-refractivity contribution in [3.63, 3.8) is 0 Å². The first-order chi connectivity index (χ1) is 12.2. The summed E-state index contributed by atoms with van der Waals surface area (Å²) in [5, 5.41) is 6.83. The summed E-state index contributed by atoms with van der Waals surface area (Å²) in [6.45, 7) is 2.89. The van der Waals surface area contributed by atoms with Crippen LogP contribution in [-0.2, 0) is 16.1 Å². The van der Waals surface area contributed by atoms with Gasteiger partial charge >= 0.3 is 12.1 Å². The van der Waals surface area contributed by atoms with E-state index in [0.717, 1.165) is 24.1 Å². The van der Waals surface area contributed by atoms with Crippen LogP contribution in [0.2, 0.25) is 0 Å². The molecule has 140 valence electrons. The SMILES string of the molecule is CCOC(=O)c1cc(C2CCCN2C(=O)OCc2ccccc2)[nH]n1.Cl. The summed E-state index contributed by atoms with van der Waals surface area (Å²) in [6, 6.07) is 11.0. The number of hydrogen-bond acceptors (Lipinski definition) is 5. The van der Waals surface area contributed by atoms with Crippen LogP contribution in [-0.4, -0.2) is 40.3 Å². The predicted octanol–water partition coefficient (Wildman–Crippen LogP) is 3.48. The standard InChI is InChI=1S/C18H21N3O4.ClH/c1-2-24-17(22)15-11-14(19-20-15)16-9-6-10-21(16)18(23)25-12-13-7-4-3-5-8-13;/h3-5,7-8,11,16H,2,6,9-10,12H2,1H3,(H,19,20);1H. The first-order valence-electron chi connectivity index (χ1n) is 8.38. The van der Waals surface area contributed by atoms with E-state index in [1.807, 2.05) is 30.3 Å². The number of carbonyl (C=O) groups excluding carboxylic acids is 2. The molecule has 0 saturated carbocycles. The fourth-order valence-corrected chi connectivity index (χ4v) is 2.93. The second-order valence-electron chi connectivity index (χ2n) is 5.82. The minimum absolute atomic E-state index is 0. The van der Waals surface area contributed by atoms with Gasteiger partial charge < -0.3 is 9.47 Å². The van der Waals surface area contributed by atoms with E-state index in [4.69, 9.17) is 9.47 Å². The summed E-state index contributed by atoms with van der Waals surface area (Å²) >= 11 is 0. The summed E-state index contributed by atoms with van der Waals surface area (Å²) in [5.41, 5.74) is 1.89. The molecule has 3 rings (SSSR count). The van der Waals surface area contributed by atoms with Crippen LogP contribution < -0.4 is 0 Å². The van der Waals surface area contributed by atoms with E-state index >= 15 is 0 Å². The van der Waals surface area contributed by atoms with Crippen LogP contribution in [0.4, 0.5) is 4.79 Å². The topological polar surface area (TPSA) is 84.5 Å². The van der Waals surface area contributed by atoms with Gasteiger partial charge in [0, 0.05) is 6.54 Å². The maximum atomic E-state index is 12.4. The minimum Gasteiger partial charge on any atom is -0.461 e. The van der Waals surface area contributed by atoms with Crippen LogP contribution in [0.15, 0.2) is 36.4 Å². The van der Waals surface area contributed by atoms with Crippen LogP contribution in [0.5, 0.6) is 0 Å². The predicted molar refractivity (Wildman–Crippen MR) is 97.1 cm³/mol. The Balaban J connectivity index is 0.00000243. The van der Waals surface area contributed by atoms with Crippen molar-refractivity contribution in [3.05, 3.63) is 53.3 Å². The Morgan fingerprint density at radius 2 is 2.04 bits per heavy atom. The van der Waals surface area contributed by atoms with Crippen LogP contribution in [0, 0.1) is 0 Å². The molecule has 2 aromatic rings. The van der Waals surface area contributed by atoms with E-state index < -0.39 is 5.97 Å². The summed E-state index contributed by atoms with van der Waals surface area (Å²) in [7, 11) is 0. The largest absolute Gasteiger partial charge is 0.461 e. The summed E-state index contributed by atoms with van der Waals surface area (Å²) in [5.74, 6) is -0.471. The van der Waals surface area contributed by atoms with Gasteiger partial charge in [-0.2, -0.15) is 5.10 Å². The van der Waals surface area contributed by atoms with Crippen LogP contribution in [0.3, 0.4) is 0 Å². The van der Waals surface area contributed by atoms with Gasteiger partial charge in [0.2, 0.25) is 0 Å². The lowest BCUT2D eigenvalue weighted by Gasteiger charge is -2.23. The average molecular weight is 380 g/mol. The van der Waals surface area contributed by atoms with Gasteiger partial charge in [0.25, 0.3) is 0 Å². The van der Waals surface area contributed by atoms with Gasteiger partial charge in [-0.25, -0.2) is 9.59 Å². The van der Waals surface area contributed by atoms with Crippen molar-refractivity contribution in [2.45, 2.75) is 32.4 Å². The van der Waals surface area contributed by atoms with E-state index in [-0.39, 0.29) is 36.8 Å². The van der Waals surface area contributed by atoms with Crippen molar-refractivity contribution in [3.8, 4) is 0 Å². The number of aromatic amines is 1. The lowest BCUT2D eigenvalue weighted by atomic mass is 10.1. The van der Waals surface area contributed by atoms with Crippen LogP contribution in [0.25, 0.3) is 0 Å². The number of hydrogen-bond donors (Lipinski definition) is 1. The van der Waals surface area contributed by atoms with E-state index in [2.05, 4.69) is 10.2 Å². The fraction of sp³-hybridized carbons (Fsp3) is 0.389. The third-order valence-corrected chi connectivity index (χ3v) is 4.13. The van der Waals surface area contributed by atoms with Gasteiger partial charge in [-0.1, -0.05) is 30.3 Å². The number of esters is 1. The molecule has 2 heterocycles. The van der Waals surface area contributed by atoms with Gasteiger partial charge in [0.05, 0.1) is 18.3 Å². The number of likely N-dealkylation sites (tertiary alicyclic amines) is 1. The second kappa shape index (κ2) is 9.24. The Hall–Kier alpha value is -2.54. The molecule has 1 aliphatic heterocycles. The smallest absolute Gasteiger partial charge is 0.410 e. The highest BCUT2D eigenvalue weighted by Crippen LogP contribution is 2.31. The number of rotatable bonds is 5. The molecular weight excluding hydrogens is 358 g/mol. The molecule has 0 radical (unpaired) electrons. The first kappa shape index (κ1) is 19.8. The molecule has 1 saturated heterocycles. The van der Waals surface area contributed by atoms with E-state index in [1.54, 1.807) is 17.9 Å². The molecule has 8 heteroatoms. The normalized spacial score (nSPS) is 16.0. The molecule has 1 atom stereocenters. The lowest BCUT2D eigenvalue weighted by molar-refractivity contribution is 0.0519. The van der Waals surface area contributed by atoms with Crippen molar-refractivity contribution in [2.75, 3.05) is 13.2 Å². The summed E-state index contributed by atoms with van der Waals surface area (Å²) in [4.78, 5) is 25.8. The maximum Gasteiger partial charge on any atom is 0.410 e. The molecule has 1 N–H and O–H groups in total. The Kier molecular flexibility index (Phi) is 7.03. The van der Waals surface area contributed by atoms with E-state index in [0.29, 0.717) is 13.2 Å². The van der Waals surface area contributed by atoms with Gasteiger partial charge in [0.1, 0.15) is 6.61 Å². The number of H-pyrrole nitrogens is 1. The zero-order chi connectivity index (χ0) is 17.6. The molecule has 1 aliphatic rings. The molecule has 0 spiro atoms. The highest BCUT2D eigenvalue weighted by Gasteiger charge is 2.33. The molecule has 0 bridgehead atoms. The molecule has 1 fully saturated rings. The molecule has 0 aliphatic carbocycles. The number of ether oxygens (including phenoxy) is 2. The van der Waals surface area contributed by atoms with E-state index in [9.17, 15) is 9.59 Å². The van der Waals surface area contributed by atoms with Gasteiger partial charge in [-0.3, -0.25) is 10.00 Å². The highest BCUT2D eigenvalue weighted by molar-refractivity contribution is 5.87. The highest BCUT2D eigenvalue weighted by atomic mass is 35.5. The molecule has 1 amide bonds. The van der Waals surface area contributed by atoms with Crippen LogP contribution >= 0.6 is 12.4 Å². The summed E-state index contributed by atoms with van der Waals surface area (Å²) in [6.07, 6.45) is 1.31. The van der Waals surface area contributed by atoms with Crippen molar-refractivity contribution in [2.24, 2.45) is 0 Å². The van der Waals surface area contributed by atoms with Crippen molar-refractivity contribution >= 4 is 24.5 Å². The molecule has 1 unspecified atom stereocenters. The van der Waals surface area contributed by atoms with E-state index in [1.165, 1.54) is 0 Å². The number of nitrogens with one attached hydrogen (secondary N) is 1. The Bertz CT molecular complexity index is 735. The molecule has 7 nitrogen and oxygen atoms in total. The third kappa shape index (κ3) is 4.54. The third-order valence-electron chi connectivity index (χ3n) is 4.13. The number of carbonyl (C=O) groups is 2. The molecular formula is C18H22ClN3O4. The number of nitrogens with zero attached hydrogens (tertiary/aromatic N) is 2. The zero-order valence-electron chi connectivity index (χ0n) is 14.5. The molecule has 1 aromatic heterocycles. The van der Waals surface area contributed by atoms with Crippen LogP contribution in [0.1, 0.15) is 47.6 Å². The second-order valence-corrected chi connectivity index (χ2v) is 5.82. The Morgan fingerprint density at radius 1 is 1.27 bits per heavy atom. The Labute approximate surface area is 158 Å². The van der Waals surface area contributed by atoms with Crippen molar-refractivity contribution < 1.29 is 19.1 Å². The van der Waals surface area contributed by atoms with Gasteiger partial charge in [-0.15, -0.1) is 12.4 Å². The van der Waals surface area contributed by atoms with Crippen molar-refractivity contribution in [1.29, 1.82) is 0 Å². The number of halogens is 1. The molecule has 1 aromatic carbocycles. The monoisotopic (exact) mass is 379 g/mol. The average Bonchev–Trinajstić information content (AvgIpc) is 3.29. The number of aromatic nitrogens is 2.